The number of nitrogens with one attached hydrogen (secondary N) is 1. The van der Waals surface area contributed by atoms with E-state index in [0.29, 0.717) is 24.5 Å². The second kappa shape index (κ2) is 8.75. The minimum Gasteiger partial charge on any atom is -0.481 e. The summed E-state index contributed by atoms with van der Waals surface area (Å²) in [6.07, 6.45) is 2.05. The standard InChI is InChI=1S/C21H26N2O4S/c1-3-17-6-10-19(11-7-17)27-16(2)21(24)22-18-8-12-20(13-9-18)28(25,26)23-14-4-5-15-23/h6-13,16H,3-5,14-15H2,1-2H3,(H,22,24). The van der Waals surface area contributed by atoms with Gasteiger partial charge in [0.1, 0.15) is 5.75 Å². The van der Waals surface area contributed by atoms with Gasteiger partial charge in [-0.1, -0.05) is 19.1 Å². The van der Waals surface area contributed by atoms with E-state index in [1.807, 2.05) is 24.3 Å². The van der Waals surface area contributed by atoms with Crippen LogP contribution in [0.3, 0.4) is 0 Å². The highest BCUT2D eigenvalue weighted by molar-refractivity contribution is 7.89. The van der Waals surface area contributed by atoms with Crippen molar-refractivity contribution in [1.29, 1.82) is 0 Å². The van der Waals surface area contributed by atoms with E-state index in [0.717, 1.165) is 19.3 Å². The topological polar surface area (TPSA) is 75.7 Å². The highest BCUT2D eigenvalue weighted by atomic mass is 32.2. The molecule has 1 unspecified atom stereocenters. The number of benzene rings is 2. The maximum Gasteiger partial charge on any atom is 0.265 e. The first-order valence-electron chi connectivity index (χ1n) is 9.57. The molecular weight excluding hydrogens is 376 g/mol. The first kappa shape index (κ1) is 20.4. The number of rotatable bonds is 7. The number of ether oxygens (including phenoxy) is 1. The van der Waals surface area contributed by atoms with Gasteiger partial charge in [0.15, 0.2) is 6.10 Å². The first-order valence-corrected chi connectivity index (χ1v) is 11.0. The van der Waals surface area contributed by atoms with Gasteiger partial charge in [0.2, 0.25) is 10.0 Å². The summed E-state index contributed by atoms with van der Waals surface area (Å²) in [4.78, 5) is 12.6. The number of amides is 1. The van der Waals surface area contributed by atoms with Crippen LogP contribution in [0.5, 0.6) is 5.75 Å². The number of aryl methyl sites for hydroxylation is 1. The molecule has 1 N–H and O–H groups in total. The normalized spacial score (nSPS) is 15.9. The summed E-state index contributed by atoms with van der Waals surface area (Å²) in [6, 6.07) is 13.9. The lowest BCUT2D eigenvalue weighted by Gasteiger charge is -2.17. The van der Waals surface area contributed by atoms with Crippen molar-refractivity contribution in [2.75, 3.05) is 18.4 Å². The Morgan fingerprint density at radius 1 is 1.07 bits per heavy atom. The molecule has 1 atom stereocenters. The predicted molar refractivity (Wildman–Crippen MR) is 109 cm³/mol. The molecule has 1 fully saturated rings. The fraction of sp³-hybridized carbons (Fsp3) is 0.381. The molecule has 0 saturated carbocycles. The third kappa shape index (κ3) is 4.72. The average molecular weight is 403 g/mol. The minimum absolute atomic E-state index is 0.243. The highest BCUT2D eigenvalue weighted by Gasteiger charge is 2.27. The maximum absolute atomic E-state index is 12.5. The van der Waals surface area contributed by atoms with Crippen molar-refractivity contribution >= 4 is 21.6 Å². The van der Waals surface area contributed by atoms with Gasteiger partial charge in [-0.3, -0.25) is 4.79 Å². The van der Waals surface area contributed by atoms with E-state index < -0.39 is 16.1 Å². The Labute approximate surface area is 166 Å². The van der Waals surface area contributed by atoms with Crippen LogP contribution in [0.4, 0.5) is 5.69 Å². The zero-order valence-electron chi connectivity index (χ0n) is 16.2. The summed E-state index contributed by atoms with van der Waals surface area (Å²) in [7, 11) is -3.45. The summed E-state index contributed by atoms with van der Waals surface area (Å²) in [5, 5.41) is 2.76. The molecular formula is C21H26N2O4S. The summed E-state index contributed by atoms with van der Waals surface area (Å²) < 4.78 is 32.3. The largest absolute Gasteiger partial charge is 0.481 e. The zero-order valence-corrected chi connectivity index (χ0v) is 17.0. The lowest BCUT2D eigenvalue weighted by Crippen LogP contribution is -2.30. The van der Waals surface area contributed by atoms with Crippen LogP contribution in [0.25, 0.3) is 0 Å². The summed E-state index contributed by atoms with van der Waals surface area (Å²) >= 11 is 0. The second-order valence-electron chi connectivity index (χ2n) is 6.88. The number of carbonyl (C=O) groups excluding carboxylic acids is 1. The Hall–Kier alpha value is -2.38. The predicted octanol–water partition coefficient (Wildman–Crippen LogP) is 3.44. The van der Waals surface area contributed by atoms with Gasteiger partial charge < -0.3 is 10.1 Å². The Kier molecular flexibility index (Phi) is 6.36. The van der Waals surface area contributed by atoms with Crippen molar-refractivity contribution in [2.45, 2.75) is 44.1 Å². The lowest BCUT2D eigenvalue weighted by atomic mass is 10.2. The molecule has 1 aliphatic rings. The van der Waals surface area contributed by atoms with Crippen molar-refractivity contribution < 1.29 is 17.9 Å². The van der Waals surface area contributed by atoms with E-state index in [1.165, 1.54) is 22.0 Å². The minimum atomic E-state index is -3.45. The smallest absolute Gasteiger partial charge is 0.265 e. The van der Waals surface area contributed by atoms with Crippen LogP contribution in [0.1, 0.15) is 32.3 Å². The molecule has 1 aliphatic heterocycles. The summed E-state index contributed by atoms with van der Waals surface area (Å²) in [5.41, 5.74) is 1.73. The van der Waals surface area contributed by atoms with Gasteiger partial charge in [-0.15, -0.1) is 0 Å². The second-order valence-corrected chi connectivity index (χ2v) is 8.82. The molecule has 1 saturated heterocycles. The lowest BCUT2D eigenvalue weighted by molar-refractivity contribution is -0.122. The average Bonchev–Trinajstić information content (AvgIpc) is 3.25. The number of hydrogen-bond acceptors (Lipinski definition) is 4. The van der Waals surface area contributed by atoms with Crippen molar-refractivity contribution in [3.63, 3.8) is 0 Å². The molecule has 28 heavy (non-hydrogen) atoms. The van der Waals surface area contributed by atoms with Crippen LogP contribution in [0.2, 0.25) is 0 Å². The maximum atomic E-state index is 12.5. The fourth-order valence-electron chi connectivity index (χ4n) is 3.09. The van der Waals surface area contributed by atoms with Crippen molar-refractivity contribution in [3.05, 3.63) is 54.1 Å². The molecule has 0 bridgehead atoms. The molecule has 150 valence electrons. The van der Waals surface area contributed by atoms with Crippen LogP contribution in [0.15, 0.2) is 53.4 Å². The van der Waals surface area contributed by atoms with Gasteiger partial charge >= 0.3 is 0 Å². The van der Waals surface area contributed by atoms with E-state index in [9.17, 15) is 13.2 Å². The summed E-state index contributed by atoms with van der Waals surface area (Å²) in [6.45, 7) is 4.88. The van der Waals surface area contributed by atoms with Gasteiger partial charge in [-0.25, -0.2) is 8.42 Å². The summed E-state index contributed by atoms with van der Waals surface area (Å²) in [5.74, 6) is 0.335. The van der Waals surface area contributed by atoms with Gasteiger partial charge in [0, 0.05) is 18.8 Å². The monoisotopic (exact) mass is 402 g/mol. The van der Waals surface area contributed by atoms with E-state index in [2.05, 4.69) is 12.2 Å². The van der Waals surface area contributed by atoms with Crippen LogP contribution in [-0.4, -0.2) is 37.8 Å². The number of carbonyl (C=O) groups is 1. The zero-order chi connectivity index (χ0) is 20.1. The van der Waals surface area contributed by atoms with E-state index in [-0.39, 0.29) is 10.8 Å². The Morgan fingerprint density at radius 2 is 1.68 bits per heavy atom. The van der Waals surface area contributed by atoms with Crippen molar-refractivity contribution in [3.8, 4) is 5.75 Å². The fourth-order valence-corrected chi connectivity index (χ4v) is 4.61. The van der Waals surface area contributed by atoms with Crippen molar-refractivity contribution in [1.82, 2.24) is 4.31 Å². The van der Waals surface area contributed by atoms with Gasteiger partial charge in [-0.2, -0.15) is 4.31 Å². The molecule has 2 aromatic rings. The highest BCUT2D eigenvalue weighted by Crippen LogP contribution is 2.22. The number of sulfonamides is 1. The van der Waals surface area contributed by atoms with Gasteiger partial charge in [-0.05, 0) is 68.1 Å². The Bertz CT molecular complexity index is 902. The molecule has 0 radical (unpaired) electrons. The number of hydrogen-bond donors (Lipinski definition) is 1. The molecule has 0 spiro atoms. The SMILES string of the molecule is CCc1ccc(OC(C)C(=O)Nc2ccc(S(=O)(=O)N3CCCC3)cc2)cc1. The quantitative estimate of drug-likeness (QED) is 0.770. The Balaban J connectivity index is 1.60. The molecule has 3 rings (SSSR count). The van der Waals surface area contributed by atoms with Crippen molar-refractivity contribution in [2.24, 2.45) is 0 Å². The molecule has 0 aromatic heterocycles. The van der Waals surface area contributed by atoms with E-state index in [1.54, 1.807) is 19.1 Å². The van der Waals surface area contributed by atoms with Crippen LogP contribution in [-0.2, 0) is 21.2 Å². The van der Waals surface area contributed by atoms with Gasteiger partial charge in [0.25, 0.3) is 5.91 Å². The molecule has 7 heteroatoms. The van der Waals surface area contributed by atoms with E-state index in [4.69, 9.17) is 4.74 Å². The van der Waals surface area contributed by atoms with Gasteiger partial charge in [0.05, 0.1) is 4.90 Å². The molecule has 0 aliphatic carbocycles. The molecule has 2 aromatic carbocycles. The third-order valence-electron chi connectivity index (χ3n) is 4.84. The number of anilines is 1. The van der Waals surface area contributed by atoms with Crippen LogP contribution >= 0.6 is 0 Å². The van der Waals surface area contributed by atoms with E-state index >= 15 is 0 Å². The Morgan fingerprint density at radius 3 is 2.25 bits per heavy atom. The van der Waals surface area contributed by atoms with Crippen LogP contribution < -0.4 is 10.1 Å². The number of nitrogens with zero attached hydrogens (tertiary/aromatic N) is 1. The molecule has 1 amide bonds. The first-order chi connectivity index (χ1) is 13.4. The molecule has 1 heterocycles. The molecule has 6 nitrogen and oxygen atoms in total. The third-order valence-corrected chi connectivity index (χ3v) is 6.75. The van der Waals surface area contributed by atoms with Crippen LogP contribution in [0, 0.1) is 0 Å².